The molecule has 3 aromatic carbocycles. The molecule has 0 atom stereocenters. The second-order valence-electron chi connectivity index (χ2n) is 7.45. The number of benzene rings is 3. The van der Waals surface area contributed by atoms with Gasteiger partial charge in [0.15, 0.2) is 0 Å². The predicted molar refractivity (Wildman–Crippen MR) is 133 cm³/mol. The standard InChI is InChI=1S/C25H20Cl3N3O/c1-16-21(14-29-30-25(32)13-17-6-9-19(26)10-7-17)20-4-2-3-5-24(20)31(16)15-18-8-11-22(27)23(28)12-18/h2-12,14H,13,15H2,1H3,(H,30,32)/b29-14-. The number of nitrogens with zero attached hydrogens (tertiary/aromatic N) is 2. The predicted octanol–water partition coefficient (Wildman–Crippen LogP) is 6.65. The molecule has 0 aliphatic carbocycles. The zero-order valence-corrected chi connectivity index (χ0v) is 19.5. The van der Waals surface area contributed by atoms with Crippen LogP contribution in [0.15, 0.2) is 71.8 Å². The lowest BCUT2D eigenvalue weighted by atomic mass is 10.1. The average Bonchev–Trinajstić information content (AvgIpc) is 3.04. The van der Waals surface area contributed by atoms with Gasteiger partial charge in [0.05, 0.1) is 22.7 Å². The van der Waals surface area contributed by atoms with Crippen LogP contribution >= 0.6 is 34.8 Å². The number of amides is 1. The third-order valence-electron chi connectivity index (χ3n) is 5.27. The van der Waals surface area contributed by atoms with Gasteiger partial charge in [-0.25, -0.2) is 5.43 Å². The highest BCUT2D eigenvalue weighted by atomic mass is 35.5. The van der Waals surface area contributed by atoms with Gasteiger partial charge in [-0.1, -0.05) is 71.2 Å². The van der Waals surface area contributed by atoms with Crippen LogP contribution in [0.5, 0.6) is 0 Å². The Bertz CT molecular complexity index is 1310. The van der Waals surface area contributed by atoms with Gasteiger partial charge in [0.1, 0.15) is 0 Å². The number of carbonyl (C=O) groups excluding carboxylic acids is 1. The van der Waals surface area contributed by atoms with Crippen molar-refractivity contribution < 1.29 is 4.79 Å². The van der Waals surface area contributed by atoms with E-state index in [1.165, 1.54) is 0 Å². The second-order valence-corrected chi connectivity index (χ2v) is 8.70. The van der Waals surface area contributed by atoms with Gasteiger partial charge in [0, 0.05) is 33.7 Å². The van der Waals surface area contributed by atoms with Crippen molar-refractivity contribution in [2.24, 2.45) is 5.10 Å². The molecule has 0 fully saturated rings. The smallest absolute Gasteiger partial charge is 0.244 e. The van der Waals surface area contributed by atoms with Crippen molar-refractivity contribution >= 4 is 57.8 Å². The Balaban J connectivity index is 1.56. The van der Waals surface area contributed by atoms with Gasteiger partial charge in [-0.3, -0.25) is 4.79 Å². The number of hydrogen-bond acceptors (Lipinski definition) is 2. The van der Waals surface area contributed by atoms with Gasteiger partial charge >= 0.3 is 0 Å². The molecule has 1 heterocycles. The molecule has 1 amide bonds. The number of carbonyl (C=O) groups is 1. The van der Waals surface area contributed by atoms with E-state index in [0.29, 0.717) is 21.6 Å². The molecule has 0 unspecified atom stereocenters. The molecule has 0 aliphatic heterocycles. The minimum Gasteiger partial charge on any atom is -0.340 e. The summed E-state index contributed by atoms with van der Waals surface area (Å²) in [5.41, 5.74) is 7.59. The van der Waals surface area contributed by atoms with E-state index in [9.17, 15) is 4.79 Å². The minimum atomic E-state index is -0.194. The first-order valence-corrected chi connectivity index (χ1v) is 11.1. The maximum Gasteiger partial charge on any atom is 0.244 e. The maximum absolute atomic E-state index is 12.3. The van der Waals surface area contributed by atoms with Crippen LogP contribution < -0.4 is 5.43 Å². The molecule has 0 radical (unpaired) electrons. The Kier molecular flexibility index (Phi) is 6.85. The number of hydrazone groups is 1. The fourth-order valence-corrected chi connectivity index (χ4v) is 4.09. The van der Waals surface area contributed by atoms with Crippen LogP contribution in [0.25, 0.3) is 10.9 Å². The lowest BCUT2D eigenvalue weighted by Crippen LogP contribution is -2.19. The van der Waals surface area contributed by atoms with Crippen molar-refractivity contribution in [1.29, 1.82) is 0 Å². The van der Waals surface area contributed by atoms with Gasteiger partial charge in [-0.05, 0) is 48.4 Å². The molecule has 4 nitrogen and oxygen atoms in total. The Labute approximate surface area is 201 Å². The monoisotopic (exact) mass is 483 g/mol. The van der Waals surface area contributed by atoms with Gasteiger partial charge in [0.2, 0.25) is 5.91 Å². The highest BCUT2D eigenvalue weighted by Gasteiger charge is 2.13. The molecule has 32 heavy (non-hydrogen) atoms. The summed E-state index contributed by atoms with van der Waals surface area (Å²) in [6, 6.07) is 20.9. The molecule has 0 aliphatic rings. The summed E-state index contributed by atoms with van der Waals surface area (Å²) in [6.07, 6.45) is 1.93. The number of aromatic nitrogens is 1. The summed E-state index contributed by atoms with van der Waals surface area (Å²) in [5, 5.41) is 6.97. The molecule has 162 valence electrons. The second kappa shape index (κ2) is 9.78. The number of nitrogens with one attached hydrogen (secondary N) is 1. The number of fused-ring (bicyclic) bond motifs is 1. The van der Waals surface area contributed by atoms with E-state index in [1.54, 1.807) is 24.4 Å². The molecule has 0 bridgehead atoms. The topological polar surface area (TPSA) is 46.4 Å². The molecular formula is C25H20Cl3N3O. The highest BCUT2D eigenvalue weighted by molar-refractivity contribution is 6.42. The number of rotatable bonds is 6. The molecule has 7 heteroatoms. The molecule has 0 saturated carbocycles. The van der Waals surface area contributed by atoms with Crippen LogP contribution in [0.3, 0.4) is 0 Å². The van der Waals surface area contributed by atoms with Crippen molar-refractivity contribution in [3.05, 3.63) is 104 Å². The van der Waals surface area contributed by atoms with Crippen molar-refractivity contribution in [1.82, 2.24) is 9.99 Å². The van der Waals surface area contributed by atoms with Crippen molar-refractivity contribution in [3.8, 4) is 0 Å². The Morgan fingerprint density at radius 3 is 2.44 bits per heavy atom. The SMILES string of the molecule is Cc1c(/C=N\NC(=O)Cc2ccc(Cl)cc2)c2ccccc2n1Cc1ccc(Cl)c(Cl)c1. The van der Waals surface area contributed by atoms with E-state index < -0.39 is 0 Å². The van der Waals surface area contributed by atoms with Crippen LogP contribution in [-0.2, 0) is 17.8 Å². The molecule has 0 saturated heterocycles. The molecular weight excluding hydrogens is 465 g/mol. The largest absolute Gasteiger partial charge is 0.340 e. The first-order chi connectivity index (χ1) is 15.4. The molecule has 1 aromatic heterocycles. The molecule has 0 spiro atoms. The van der Waals surface area contributed by atoms with E-state index in [1.807, 2.05) is 49.4 Å². The Hall–Kier alpha value is -2.79. The van der Waals surface area contributed by atoms with Crippen LogP contribution in [0.2, 0.25) is 15.1 Å². The number of para-hydroxylation sites is 1. The summed E-state index contributed by atoms with van der Waals surface area (Å²) in [7, 11) is 0. The van der Waals surface area contributed by atoms with Crippen LogP contribution in [0, 0.1) is 6.92 Å². The van der Waals surface area contributed by atoms with E-state index in [2.05, 4.69) is 21.2 Å². The van der Waals surface area contributed by atoms with Gasteiger partial charge in [0.25, 0.3) is 0 Å². The number of halogens is 3. The van der Waals surface area contributed by atoms with E-state index in [0.717, 1.165) is 33.3 Å². The normalized spacial score (nSPS) is 11.4. The summed E-state index contributed by atoms with van der Waals surface area (Å²) >= 11 is 18.1. The van der Waals surface area contributed by atoms with Crippen LogP contribution in [-0.4, -0.2) is 16.7 Å². The quantitative estimate of drug-likeness (QED) is 0.242. The fraction of sp³-hybridized carbons (Fsp3) is 0.120. The molecule has 4 rings (SSSR count). The zero-order chi connectivity index (χ0) is 22.7. The Morgan fingerprint density at radius 2 is 1.69 bits per heavy atom. The molecule has 1 N–H and O–H groups in total. The Morgan fingerprint density at radius 1 is 0.969 bits per heavy atom. The third-order valence-corrected chi connectivity index (χ3v) is 6.26. The lowest BCUT2D eigenvalue weighted by Gasteiger charge is -2.09. The zero-order valence-electron chi connectivity index (χ0n) is 17.3. The van der Waals surface area contributed by atoms with Crippen molar-refractivity contribution in [2.45, 2.75) is 19.9 Å². The molecule has 4 aromatic rings. The fourth-order valence-electron chi connectivity index (χ4n) is 3.64. The first-order valence-electron chi connectivity index (χ1n) is 10.0. The summed E-state index contributed by atoms with van der Waals surface area (Å²) < 4.78 is 2.20. The number of hydrogen-bond donors (Lipinski definition) is 1. The van der Waals surface area contributed by atoms with Gasteiger partial charge in [-0.15, -0.1) is 0 Å². The van der Waals surface area contributed by atoms with Crippen molar-refractivity contribution in [3.63, 3.8) is 0 Å². The summed E-state index contributed by atoms with van der Waals surface area (Å²) in [6.45, 7) is 2.68. The highest BCUT2D eigenvalue weighted by Crippen LogP contribution is 2.28. The average molecular weight is 485 g/mol. The van der Waals surface area contributed by atoms with E-state index >= 15 is 0 Å². The van der Waals surface area contributed by atoms with Gasteiger partial charge in [-0.2, -0.15) is 5.10 Å². The van der Waals surface area contributed by atoms with Crippen molar-refractivity contribution in [2.75, 3.05) is 0 Å². The summed E-state index contributed by atoms with van der Waals surface area (Å²) in [4.78, 5) is 12.3. The summed E-state index contributed by atoms with van der Waals surface area (Å²) in [5.74, 6) is -0.194. The van der Waals surface area contributed by atoms with Crippen LogP contribution in [0.4, 0.5) is 0 Å². The lowest BCUT2D eigenvalue weighted by molar-refractivity contribution is -0.120. The van der Waals surface area contributed by atoms with Gasteiger partial charge < -0.3 is 4.57 Å². The minimum absolute atomic E-state index is 0.194. The first kappa shape index (κ1) is 22.4. The third kappa shape index (κ3) is 4.99. The van der Waals surface area contributed by atoms with E-state index in [-0.39, 0.29) is 12.3 Å². The van der Waals surface area contributed by atoms with Crippen LogP contribution in [0.1, 0.15) is 22.4 Å². The maximum atomic E-state index is 12.3. The van der Waals surface area contributed by atoms with E-state index in [4.69, 9.17) is 34.8 Å².